The molecule has 0 bridgehead atoms. The number of halogens is 1. The second kappa shape index (κ2) is 10.3. The Kier molecular flexibility index (Phi) is 6.81. The first-order valence-corrected chi connectivity index (χ1v) is 10.3. The van der Waals surface area contributed by atoms with Crippen molar-refractivity contribution < 1.29 is 13.7 Å². The third-order valence-corrected chi connectivity index (χ3v) is 5.01. The van der Waals surface area contributed by atoms with Crippen LogP contribution < -0.4 is 0 Å². The highest BCUT2D eigenvalue weighted by atomic mass is 19.1. The third kappa shape index (κ3) is 5.86. The molecule has 164 valence electrons. The highest BCUT2D eigenvalue weighted by Crippen LogP contribution is 2.17. The van der Waals surface area contributed by atoms with E-state index in [9.17, 15) is 9.18 Å². The van der Waals surface area contributed by atoms with Crippen molar-refractivity contribution in [3.8, 4) is 17.5 Å². The first kappa shape index (κ1) is 21.8. The number of aromatic nitrogens is 3. The van der Waals surface area contributed by atoms with Crippen LogP contribution >= 0.6 is 0 Å². The van der Waals surface area contributed by atoms with Crippen molar-refractivity contribution in [1.29, 1.82) is 5.26 Å². The van der Waals surface area contributed by atoms with Gasteiger partial charge in [-0.05, 0) is 47.5 Å². The summed E-state index contributed by atoms with van der Waals surface area (Å²) in [6, 6.07) is 18.9. The normalized spacial score (nSPS) is 10.5. The van der Waals surface area contributed by atoms with Crippen LogP contribution in [0.4, 0.5) is 4.39 Å². The number of carbonyl (C=O) groups excluding carboxylic acids is 1. The van der Waals surface area contributed by atoms with E-state index < -0.39 is 0 Å². The van der Waals surface area contributed by atoms with E-state index in [-0.39, 0.29) is 31.1 Å². The summed E-state index contributed by atoms with van der Waals surface area (Å²) in [6.07, 6.45) is 3.72. The summed E-state index contributed by atoms with van der Waals surface area (Å²) in [5.41, 5.74) is 2.83. The van der Waals surface area contributed by atoms with Crippen LogP contribution in [0.25, 0.3) is 11.4 Å². The Bertz CT molecular complexity index is 1270. The molecule has 0 fully saturated rings. The number of carbonyl (C=O) groups is 1. The molecule has 4 rings (SSSR count). The maximum Gasteiger partial charge on any atom is 0.227 e. The van der Waals surface area contributed by atoms with E-state index >= 15 is 0 Å². The van der Waals surface area contributed by atoms with Crippen LogP contribution in [-0.4, -0.2) is 25.9 Å². The van der Waals surface area contributed by atoms with Crippen molar-refractivity contribution in [3.05, 3.63) is 101 Å². The van der Waals surface area contributed by atoms with E-state index in [2.05, 4.69) is 21.2 Å². The van der Waals surface area contributed by atoms with Gasteiger partial charge in [-0.3, -0.25) is 9.78 Å². The number of nitriles is 1. The second-order valence-corrected chi connectivity index (χ2v) is 7.44. The van der Waals surface area contributed by atoms with Crippen LogP contribution in [0.2, 0.25) is 0 Å². The fraction of sp³-hybridized carbons (Fsp3) is 0.160. The van der Waals surface area contributed by atoms with Gasteiger partial charge in [0.05, 0.1) is 11.6 Å². The maximum atomic E-state index is 13.7. The van der Waals surface area contributed by atoms with Gasteiger partial charge in [-0.2, -0.15) is 10.2 Å². The quantitative estimate of drug-likeness (QED) is 0.404. The molecule has 0 saturated carbocycles. The Morgan fingerprint density at radius 3 is 2.61 bits per heavy atom. The number of hydrogen-bond acceptors (Lipinski definition) is 6. The standard InChI is InChI=1S/C25H20FN5O2/c26-22-5-1-3-20(13-22)17-31(16-19-8-6-18(14-27)7-9-19)24(32)11-10-23-29-25(30-33-23)21-4-2-12-28-15-21/h1-9,12-13,15H,10-11,16-17H2. The Morgan fingerprint density at radius 1 is 1.06 bits per heavy atom. The van der Waals surface area contributed by atoms with Gasteiger partial charge in [0.1, 0.15) is 5.82 Å². The van der Waals surface area contributed by atoms with Gasteiger partial charge in [-0.1, -0.05) is 29.4 Å². The summed E-state index contributed by atoms with van der Waals surface area (Å²) in [5.74, 6) is 0.280. The number of nitrogens with zero attached hydrogens (tertiary/aromatic N) is 5. The maximum absolute atomic E-state index is 13.7. The van der Waals surface area contributed by atoms with Gasteiger partial charge in [-0.25, -0.2) is 4.39 Å². The summed E-state index contributed by atoms with van der Waals surface area (Å²) in [5, 5.41) is 13.0. The van der Waals surface area contributed by atoms with Gasteiger partial charge in [0.2, 0.25) is 17.6 Å². The lowest BCUT2D eigenvalue weighted by atomic mass is 10.1. The molecule has 4 aromatic rings. The Labute approximate surface area is 190 Å². The first-order chi connectivity index (χ1) is 16.1. The minimum absolute atomic E-state index is 0.134. The molecule has 0 aliphatic heterocycles. The van der Waals surface area contributed by atoms with Crippen molar-refractivity contribution in [1.82, 2.24) is 20.0 Å². The molecule has 2 aromatic carbocycles. The molecule has 0 aliphatic rings. The summed E-state index contributed by atoms with van der Waals surface area (Å²) in [4.78, 5) is 23.1. The summed E-state index contributed by atoms with van der Waals surface area (Å²) in [6.45, 7) is 0.577. The lowest BCUT2D eigenvalue weighted by molar-refractivity contribution is -0.132. The topological polar surface area (TPSA) is 95.9 Å². The van der Waals surface area contributed by atoms with Gasteiger partial charge in [0, 0.05) is 43.9 Å². The molecule has 0 N–H and O–H groups in total. The van der Waals surface area contributed by atoms with E-state index in [0.29, 0.717) is 29.4 Å². The zero-order chi connectivity index (χ0) is 23.0. The van der Waals surface area contributed by atoms with Crippen molar-refractivity contribution in [2.75, 3.05) is 0 Å². The molecular formula is C25H20FN5O2. The first-order valence-electron chi connectivity index (χ1n) is 10.3. The Hall–Kier alpha value is -4.38. The molecule has 2 aromatic heterocycles. The van der Waals surface area contributed by atoms with Crippen LogP contribution in [0.5, 0.6) is 0 Å². The molecule has 33 heavy (non-hydrogen) atoms. The van der Waals surface area contributed by atoms with Crippen LogP contribution in [0.1, 0.15) is 29.0 Å². The van der Waals surface area contributed by atoms with Gasteiger partial charge in [-0.15, -0.1) is 0 Å². The summed E-state index contributed by atoms with van der Waals surface area (Å²) < 4.78 is 19.0. The molecule has 1 amide bonds. The summed E-state index contributed by atoms with van der Waals surface area (Å²) >= 11 is 0. The number of aryl methyl sites for hydroxylation is 1. The zero-order valence-electron chi connectivity index (χ0n) is 17.7. The van der Waals surface area contributed by atoms with E-state index in [1.54, 1.807) is 47.6 Å². The average molecular weight is 441 g/mol. The molecule has 0 saturated heterocycles. The van der Waals surface area contributed by atoms with Crippen molar-refractivity contribution in [3.63, 3.8) is 0 Å². The van der Waals surface area contributed by atoms with Gasteiger partial charge >= 0.3 is 0 Å². The van der Waals surface area contributed by atoms with Crippen LogP contribution in [0.3, 0.4) is 0 Å². The molecule has 0 radical (unpaired) electrons. The van der Waals surface area contributed by atoms with Gasteiger partial charge in [0.25, 0.3) is 0 Å². The monoisotopic (exact) mass is 441 g/mol. The molecule has 0 unspecified atom stereocenters. The van der Waals surface area contributed by atoms with Crippen molar-refractivity contribution >= 4 is 5.91 Å². The van der Waals surface area contributed by atoms with Gasteiger partial charge < -0.3 is 9.42 Å². The number of pyridine rings is 1. The molecule has 2 heterocycles. The van der Waals surface area contributed by atoms with Gasteiger partial charge in [0.15, 0.2) is 0 Å². The highest BCUT2D eigenvalue weighted by Gasteiger charge is 2.17. The largest absolute Gasteiger partial charge is 0.339 e. The fourth-order valence-electron chi connectivity index (χ4n) is 3.33. The lowest BCUT2D eigenvalue weighted by Crippen LogP contribution is -2.30. The third-order valence-electron chi connectivity index (χ3n) is 5.01. The van der Waals surface area contributed by atoms with E-state index in [1.165, 1.54) is 12.1 Å². The molecular weight excluding hydrogens is 421 g/mol. The smallest absolute Gasteiger partial charge is 0.227 e. The minimum atomic E-state index is -0.355. The number of rotatable bonds is 8. The fourth-order valence-corrected chi connectivity index (χ4v) is 3.33. The zero-order valence-corrected chi connectivity index (χ0v) is 17.7. The Balaban J connectivity index is 1.46. The van der Waals surface area contributed by atoms with Crippen LogP contribution in [0, 0.1) is 17.1 Å². The molecule has 0 aliphatic carbocycles. The molecule has 7 nitrogen and oxygen atoms in total. The predicted octanol–water partition coefficient (Wildman–Crippen LogP) is 4.30. The molecule has 8 heteroatoms. The van der Waals surface area contributed by atoms with Crippen molar-refractivity contribution in [2.45, 2.75) is 25.9 Å². The Morgan fingerprint density at radius 2 is 1.88 bits per heavy atom. The van der Waals surface area contributed by atoms with Crippen molar-refractivity contribution in [2.24, 2.45) is 0 Å². The van der Waals surface area contributed by atoms with E-state index in [0.717, 1.165) is 11.1 Å². The minimum Gasteiger partial charge on any atom is -0.339 e. The second-order valence-electron chi connectivity index (χ2n) is 7.44. The lowest BCUT2D eigenvalue weighted by Gasteiger charge is -2.23. The van der Waals surface area contributed by atoms with E-state index in [1.807, 2.05) is 18.2 Å². The van der Waals surface area contributed by atoms with E-state index in [4.69, 9.17) is 9.78 Å². The molecule has 0 atom stereocenters. The highest BCUT2D eigenvalue weighted by molar-refractivity contribution is 5.76. The number of hydrogen-bond donors (Lipinski definition) is 0. The average Bonchev–Trinajstić information content (AvgIpc) is 3.32. The molecule has 0 spiro atoms. The predicted molar refractivity (Wildman–Crippen MR) is 118 cm³/mol. The SMILES string of the molecule is N#Cc1ccc(CN(Cc2cccc(F)c2)C(=O)CCc2nc(-c3cccnc3)no2)cc1. The summed E-state index contributed by atoms with van der Waals surface area (Å²) in [7, 11) is 0. The van der Waals surface area contributed by atoms with Crippen LogP contribution in [-0.2, 0) is 24.3 Å². The number of benzene rings is 2. The number of amides is 1. The van der Waals surface area contributed by atoms with Crippen LogP contribution in [0.15, 0.2) is 77.6 Å².